The first-order valence-electron chi connectivity index (χ1n) is 9.56. The fraction of sp³-hybridized carbons (Fsp3) is 0.182. The molecule has 3 heterocycles. The Morgan fingerprint density at radius 3 is 2.50 bits per heavy atom. The van der Waals surface area contributed by atoms with Gasteiger partial charge in [0.1, 0.15) is 17.1 Å². The number of rotatable bonds is 9. The average Bonchev–Trinajstić information content (AvgIpc) is 3.50. The summed E-state index contributed by atoms with van der Waals surface area (Å²) in [4.78, 5) is 20.1. The summed E-state index contributed by atoms with van der Waals surface area (Å²) in [6.07, 6.45) is 3.57. The van der Waals surface area contributed by atoms with Crippen LogP contribution in [0, 0.1) is 0 Å². The summed E-state index contributed by atoms with van der Waals surface area (Å²) in [5.74, 6) is 2.62. The van der Waals surface area contributed by atoms with Crippen molar-refractivity contribution in [3.8, 4) is 28.7 Å². The van der Waals surface area contributed by atoms with Crippen LogP contribution in [0.2, 0.25) is 0 Å². The third-order valence-corrected chi connectivity index (χ3v) is 5.10. The van der Waals surface area contributed by atoms with Crippen molar-refractivity contribution in [1.82, 2.24) is 9.97 Å². The number of nitrogens with one attached hydrogen (secondary N) is 2. The summed E-state index contributed by atoms with van der Waals surface area (Å²) < 4.78 is 16.4. The molecule has 0 spiro atoms. The molecule has 3 aromatic heterocycles. The van der Waals surface area contributed by atoms with Crippen molar-refractivity contribution in [2.75, 3.05) is 17.7 Å². The van der Waals surface area contributed by atoms with Crippen molar-refractivity contribution in [3.63, 3.8) is 0 Å². The van der Waals surface area contributed by atoms with Crippen LogP contribution in [0.3, 0.4) is 0 Å². The maximum Gasteiger partial charge on any atom is 0.225 e. The highest BCUT2D eigenvalue weighted by atomic mass is 32.2. The van der Waals surface area contributed by atoms with Crippen molar-refractivity contribution >= 4 is 23.4 Å². The minimum atomic E-state index is -0.0595. The van der Waals surface area contributed by atoms with Crippen molar-refractivity contribution in [3.05, 3.63) is 61.1 Å². The van der Waals surface area contributed by atoms with Crippen LogP contribution < -0.4 is 10.1 Å². The molecule has 8 heteroatoms. The molecule has 0 saturated carbocycles. The summed E-state index contributed by atoms with van der Waals surface area (Å²) in [6.45, 7) is 2.54. The fourth-order valence-electron chi connectivity index (χ4n) is 2.88. The molecule has 0 atom stereocenters. The number of carbonyl (C=O) groups is 1. The molecule has 0 saturated heterocycles. The minimum Gasteiger partial charge on any atom is -0.494 e. The zero-order chi connectivity index (χ0) is 20.8. The monoisotopic (exact) mass is 423 g/mol. The van der Waals surface area contributed by atoms with Gasteiger partial charge in [-0.1, -0.05) is 11.8 Å². The van der Waals surface area contributed by atoms with Gasteiger partial charge in [0.25, 0.3) is 0 Å². The fourth-order valence-corrected chi connectivity index (χ4v) is 3.69. The Bertz CT molecular complexity index is 1020. The number of carbonyl (C=O) groups excluding carboxylic acids is 1. The van der Waals surface area contributed by atoms with Gasteiger partial charge in [-0.05, 0) is 55.5 Å². The largest absolute Gasteiger partial charge is 0.494 e. The highest BCUT2D eigenvalue weighted by Gasteiger charge is 2.18. The van der Waals surface area contributed by atoms with Crippen molar-refractivity contribution in [2.45, 2.75) is 18.5 Å². The molecule has 30 heavy (non-hydrogen) atoms. The number of anilines is 1. The Morgan fingerprint density at radius 2 is 1.83 bits per heavy atom. The van der Waals surface area contributed by atoms with E-state index in [1.165, 1.54) is 11.8 Å². The molecule has 7 nitrogen and oxygen atoms in total. The molecule has 4 aromatic rings. The summed E-state index contributed by atoms with van der Waals surface area (Å²) in [5, 5.41) is 3.59. The second kappa shape index (κ2) is 9.41. The third kappa shape index (κ3) is 4.77. The number of thioether (sulfide) groups is 1. The van der Waals surface area contributed by atoms with E-state index in [0.717, 1.165) is 17.1 Å². The molecule has 0 radical (unpaired) electrons. The smallest absolute Gasteiger partial charge is 0.225 e. The zero-order valence-electron chi connectivity index (χ0n) is 16.4. The van der Waals surface area contributed by atoms with E-state index in [0.29, 0.717) is 41.2 Å². The van der Waals surface area contributed by atoms with Crippen LogP contribution in [0.15, 0.2) is 75.0 Å². The van der Waals surface area contributed by atoms with Gasteiger partial charge in [0, 0.05) is 17.9 Å². The maximum absolute atomic E-state index is 12.2. The molecule has 4 rings (SSSR count). The van der Waals surface area contributed by atoms with Crippen LogP contribution >= 0.6 is 11.8 Å². The number of imidazole rings is 1. The molecule has 0 fully saturated rings. The quantitative estimate of drug-likeness (QED) is 0.348. The van der Waals surface area contributed by atoms with Gasteiger partial charge in [-0.25, -0.2) is 4.98 Å². The molecular formula is C22H21N3O4S. The average molecular weight is 423 g/mol. The van der Waals surface area contributed by atoms with E-state index < -0.39 is 0 Å². The van der Waals surface area contributed by atoms with E-state index in [1.54, 1.807) is 12.5 Å². The van der Waals surface area contributed by atoms with E-state index in [2.05, 4.69) is 15.3 Å². The molecule has 1 amide bonds. The van der Waals surface area contributed by atoms with Crippen LogP contribution in [0.5, 0.6) is 5.75 Å². The third-order valence-electron chi connectivity index (χ3n) is 4.22. The molecule has 0 aliphatic rings. The van der Waals surface area contributed by atoms with E-state index in [4.69, 9.17) is 13.6 Å². The number of furan rings is 2. The predicted octanol–water partition coefficient (Wildman–Crippen LogP) is 5.45. The Morgan fingerprint density at radius 1 is 1.10 bits per heavy atom. The molecular weight excluding hydrogens is 402 g/mol. The number of nitrogens with zero attached hydrogens (tertiary/aromatic N) is 1. The summed E-state index contributed by atoms with van der Waals surface area (Å²) >= 11 is 1.47. The first kappa shape index (κ1) is 19.9. The van der Waals surface area contributed by atoms with Crippen LogP contribution in [-0.4, -0.2) is 28.2 Å². The number of hydrogen-bond donors (Lipinski definition) is 2. The van der Waals surface area contributed by atoms with Gasteiger partial charge >= 0.3 is 0 Å². The van der Waals surface area contributed by atoms with Crippen LogP contribution in [-0.2, 0) is 4.79 Å². The minimum absolute atomic E-state index is 0.0595. The number of ether oxygens (including phenoxy) is 1. The first-order chi connectivity index (χ1) is 14.7. The Labute approximate surface area is 177 Å². The second-order valence-corrected chi connectivity index (χ2v) is 7.41. The molecule has 154 valence electrons. The molecule has 2 N–H and O–H groups in total. The van der Waals surface area contributed by atoms with Gasteiger partial charge in [0.15, 0.2) is 16.7 Å². The lowest BCUT2D eigenvalue weighted by Crippen LogP contribution is -2.12. The van der Waals surface area contributed by atoms with Crippen molar-refractivity contribution in [1.29, 1.82) is 0 Å². The summed E-state index contributed by atoms with van der Waals surface area (Å²) in [6, 6.07) is 14.7. The van der Waals surface area contributed by atoms with Gasteiger partial charge in [0.2, 0.25) is 5.91 Å². The lowest BCUT2D eigenvalue weighted by Gasteiger charge is -2.06. The van der Waals surface area contributed by atoms with Gasteiger partial charge in [-0.2, -0.15) is 0 Å². The normalized spacial score (nSPS) is 10.8. The number of aromatic nitrogens is 2. The van der Waals surface area contributed by atoms with Gasteiger partial charge in [-0.3, -0.25) is 4.79 Å². The summed E-state index contributed by atoms with van der Waals surface area (Å²) in [7, 11) is 0. The van der Waals surface area contributed by atoms with E-state index in [-0.39, 0.29) is 5.91 Å². The van der Waals surface area contributed by atoms with Crippen molar-refractivity contribution < 1.29 is 18.4 Å². The Balaban J connectivity index is 1.36. The number of H-pyrrole nitrogens is 1. The van der Waals surface area contributed by atoms with Gasteiger partial charge in [0.05, 0.1) is 19.1 Å². The first-order valence-corrected chi connectivity index (χ1v) is 10.5. The maximum atomic E-state index is 12.2. The lowest BCUT2D eigenvalue weighted by molar-refractivity contribution is -0.115. The van der Waals surface area contributed by atoms with E-state index in [1.807, 2.05) is 55.5 Å². The number of aromatic amines is 1. The number of benzene rings is 1. The lowest BCUT2D eigenvalue weighted by atomic mass is 10.2. The van der Waals surface area contributed by atoms with Crippen LogP contribution in [0.25, 0.3) is 22.9 Å². The standard InChI is InChI=1S/C22H21N3O4S/c1-2-27-16-9-7-15(8-10-16)23-19(26)11-14-30-22-24-20(17-5-3-12-28-17)21(25-22)18-6-4-13-29-18/h3-10,12-13H,2,11,14H2,1H3,(H,23,26)(H,24,25). The molecule has 0 unspecified atom stereocenters. The molecule has 0 aliphatic carbocycles. The van der Waals surface area contributed by atoms with Gasteiger partial charge in [-0.15, -0.1) is 0 Å². The second-order valence-electron chi connectivity index (χ2n) is 6.32. The Kier molecular flexibility index (Phi) is 6.24. The SMILES string of the molecule is CCOc1ccc(NC(=O)CCSc2nc(-c3ccco3)c(-c3ccco3)[nH]2)cc1. The summed E-state index contributed by atoms with van der Waals surface area (Å²) in [5.41, 5.74) is 2.17. The van der Waals surface area contributed by atoms with Crippen LogP contribution in [0.1, 0.15) is 13.3 Å². The van der Waals surface area contributed by atoms with Crippen LogP contribution in [0.4, 0.5) is 5.69 Å². The zero-order valence-corrected chi connectivity index (χ0v) is 17.2. The van der Waals surface area contributed by atoms with E-state index in [9.17, 15) is 4.79 Å². The number of hydrogen-bond acceptors (Lipinski definition) is 6. The predicted molar refractivity (Wildman–Crippen MR) is 116 cm³/mol. The highest BCUT2D eigenvalue weighted by molar-refractivity contribution is 7.99. The van der Waals surface area contributed by atoms with E-state index >= 15 is 0 Å². The Hall–Kier alpha value is -3.39. The van der Waals surface area contributed by atoms with Crippen molar-refractivity contribution in [2.24, 2.45) is 0 Å². The molecule has 1 aromatic carbocycles. The molecule has 0 aliphatic heterocycles. The number of amides is 1. The molecule has 0 bridgehead atoms. The topological polar surface area (TPSA) is 93.3 Å². The van der Waals surface area contributed by atoms with Gasteiger partial charge < -0.3 is 23.9 Å². The highest BCUT2D eigenvalue weighted by Crippen LogP contribution is 2.33.